The molecular formula is C18H17F3N2O2S. The molecule has 26 heavy (non-hydrogen) atoms. The van der Waals surface area contributed by atoms with Crippen molar-refractivity contribution in [2.24, 2.45) is 5.10 Å². The van der Waals surface area contributed by atoms with Crippen LogP contribution >= 0.6 is 11.8 Å². The first-order chi connectivity index (χ1) is 12.4. The summed E-state index contributed by atoms with van der Waals surface area (Å²) in [6.07, 6.45) is -3.48. The molecule has 2 aromatic rings. The highest BCUT2D eigenvalue weighted by molar-refractivity contribution is 7.99. The Morgan fingerprint density at radius 3 is 2.54 bits per heavy atom. The molecule has 1 amide bonds. The molecule has 0 aromatic heterocycles. The Labute approximate surface area is 153 Å². The first-order valence-electron chi connectivity index (χ1n) is 7.59. The molecule has 0 unspecified atom stereocenters. The lowest BCUT2D eigenvalue weighted by Gasteiger charge is -2.09. The fourth-order valence-electron chi connectivity index (χ4n) is 2.06. The molecule has 1 N–H and O–H groups in total. The van der Waals surface area contributed by atoms with Gasteiger partial charge < -0.3 is 4.74 Å². The van der Waals surface area contributed by atoms with Gasteiger partial charge in [0.1, 0.15) is 5.75 Å². The van der Waals surface area contributed by atoms with Gasteiger partial charge in [0.15, 0.2) is 0 Å². The fourth-order valence-corrected chi connectivity index (χ4v) is 2.84. The number of carbonyl (C=O) groups excluding carboxylic acids is 1. The molecule has 0 saturated carbocycles. The van der Waals surface area contributed by atoms with Gasteiger partial charge in [-0.05, 0) is 23.8 Å². The van der Waals surface area contributed by atoms with Gasteiger partial charge in [-0.25, -0.2) is 5.43 Å². The molecule has 0 heterocycles. The van der Waals surface area contributed by atoms with Gasteiger partial charge in [-0.1, -0.05) is 30.3 Å². The molecule has 0 bridgehead atoms. The predicted molar refractivity (Wildman–Crippen MR) is 96.3 cm³/mol. The van der Waals surface area contributed by atoms with E-state index in [0.717, 1.165) is 23.6 Å². The van der Waals surface area contributed by atoms with E-state index in [-0.39, 0.29) is 17.2 Å². The van der Waals surface area contributed by atoms with Gasteiger partial charge in [-0.3, -0.25) is 4.79 Å². The standard InChI is InChI=1S/C18H17F3N2O2S/c1-25-15-8-6-13(7-9-15)11-26-12-17(24)23-22-10-14-4-2-3-5-16(14)18(19,20)21/h2-10H,11-12H2,1H3,(H,23,24)/b22-10+. The summed E-state index contributed by atoms with van der Waals surface area (Å²) in [5.41, 5.74) is 2.37. The molecule has 0 aliphatic heterocycles. The monoisotopic (exact) mass is 382 g/mol. The second-order valence-electron chi connectivity index (χ2n) is 5.22. The number of nitrogens with one attached hydrogen (secondary N) is 1. The molecule has 2 aromatic carbocycles. The van der Waals surface area contributed by atoms with Gasteiger partial charge in [0, 0.05) is 11.3 Å². The number of methoxy groups -OCH3 is 1. The zero-order valence-electron chi connectivity index (χ0n) is 13.9. The third kappa shape index (κ3) is 6.11. The fraction of sp³-hybridized carbons (Fsp3) is 0.222. The number of hydrazone groups is 1. The van der Waals surface area contributed by atoms with Crippen molar-refractivity contribution in [2.45, 2.75) is 11.9 Å². The number of rotatable bonds is 7. The van der Waals surface area contributed by atoms with E-state index in [1.165, 1.54) is 30.0 Å². The number of alkyl halides is 3. The van der Waals surface area contributed by atoms with Crippen LogP contribution in [-0.2, 0) is 16.7 Å². The maximum Gasteiger partial charge on any atom is 0.417 e. The highest BCUT2D eigenvalue weighted by Crippen LogP contribution is 2.31. The van der Waals surface area contributed by atoms with Crippen molar-refractivity contribution in [3.63, 3.8) is 0 Å². The van der Waals surface area contributed by atoms with Crippen LogP contribution in [0.15, 0.2) is 53.6 Å². The average Bonchev–Trinajstić information content (AvgIpc) is 2.62. The average molecular weight is 382 g/mol. The third-order valence-corrected chi connectivity index (χ3v) is 4.32. The molecule has 4 nitrogen and oxygen atoms in total. The number of benzene rings is 2. The van der Waals surface area contributed by atoms with Gasteiger partial charge >= 0.3 is 6.18 Å². The highest BCUT2D eigenvalue weighted by Gasteiger charge is 2.32. The van der Waals surface area contributed by atoms with E-state index in [9.17, 15) is 18.0 Å². The molecule has 0 fully saturated rings. The summed E-state index contributed by atoms with van der Waals surface area (Å²) in [6.45, 7) is 0. The summed E-state index contributed by atoms with van der Waals surface area (Å²) in [5, 5.41) is 3.61. The summed E-state index contributed by atoms with van der Waals surface area (Å²) in [5.74, 6) is 1.14. The zero-order chi connectivity index (χ0) is 19.0. The second-order valence-corrected chi connectivity index (χ2v) is 6.20. The molecule has 0 saturated heterocycles. The topological polar surface area (TPSA) is 50.7 Å². The first-order valence-corrected chi connectivity index (χ1v) is 8.74. The van der Waals surface area contributed by atoms with Crippen LogP contribution in [0, 0.1) is 0 Å². The Balaban J connectivity index is 1.81. The van der Waals surface area contributed by atoms with Crippen LogP contribution in [0.2, 0.25) is 0 Å². The number of nitrogens with zero attached hydrogens (tertiary/aromatic N) is 1. The third-order valence-electron chi connectivity index (χ3n) is 3.32. The number of thioether (sulfide) groups is 1. The van der Waals surface area contributed by atoms with Crippen molar-refractivity contribution >= 4 is 23.9 Å². The summed E-state index contributed by atoms with van der Waals surface area (Å²) in [7, 11) is 1.59. The van der Waals surface area contributed by atoms with Crippen LogP contribution in [0.1, 0.15) is 16.7 Å². The largest absolute Gasteiger partial charge is 0.497 e. The minimum atomic E-state index is -4.47. The first kappa shape index (κ1) is 19.8. The van der Waals surface area contributed by atoms with Crippen LogP contribution in [0.25, 0.3) is 0 Å². The number of ether oxygens (including phenoxy) is 1. The minimum absolute atomic E-state index is 0.105. The van der Waals surface area contributed by atoms with Gasteiger partial charge in [0.2, 0.25) is 5.91 Å². The van der Waals surface area contributed by atoms with E-state index in [1.54, 1.807) is 7.11 Å². The summed E-state index contributed by atoms with van der Waals surface area (Å²) in [4.78, 5) is 11.7. The molecule has 0 radical (unpaired) electrons. The van der Waals surface area contributed by atoms with Crippen molar-refractivity contribution < 1.29 is 22.7 Å². The Kier molecular flexibility index (Phi) is 7.08. The van der Waals surface area contributed by atoms with Crippen molar-refractivity contribution in [3.05, 3.63) is 65.2 Å². The predicted octanol–water partition coefficient (Wildman–Crippen LogP) is 4.10. The second kappa shape index (κ2) is 9.28. The molecule has 0 atom stereocenters. The molecular weight excluding hydrogens is 365 g/mol. The quantitative estimate of drug-likeness (QED) is 0.580. The number of carbonyl (C=O) groups is 1. The summed E-state index contributed by atoms with van der Waals surface area (Å²) in [6, 6.07) is 12.5. The van der Waals surface area contributed by atoms with Crippen molar-refractivity contribution in [2.75, 3.05) is 12.9 Å². The van der Waals surface area contributed by atoms with E-state index < -0.39 is 11.7 Å². The molecule has 0 spiro atoms. The SMILES string of the molecule is COc1ccc(CSCC(=O)N/N=C/c2ccccc2C(F)(F)F)cc1. The Hall–Kier alpha value is -2.48. The van der Waals surface area contributed by atoms with Crippen molar-refractivity contribution in [3.8, 4) is 5.75 Å². The molecule has 8 heteroatoms. The summed E-state index contributed by atoms with van der Waals surface area (Å²) < 4.78 is 43.6. The highest BCUT2D eigenvalue weighted by atomic mass is 32.2. The molecule has 2 rings (SSSR count). The van der Waals surface area contributed by atoms with E-state index >= 15 is 0 Å². The van der Waals surface area contributed by atoms with E-state index in [4.69, 9.17) is 4.74 Å². The Morgan fingerprint density at radius 1 is 1.19 bits per heavy atom. The van der Waals surface area contributed by atoms with Crippen LogP contribution in [0.3, 0.4) is 0 Å². The molecule has 0 aliphatic rings. The number of hydrogen-bond acceptors (Lipinski definition) is 4. The van der Waals surface area contributed by atoms with Crippen molar-refractivity contribution in [1.29, 1.82) is 0 Å². The van der Waals surface area contributed by atoms with Crippen molar-refractivity contribution in [1.82, 2.24) is 5.43 Å². The normalized spacial score (nSPS) is 11.5. The lowest BCUT2D eigenvalue weighted by Crippen LogP contribution is -2.20. The van der Waals surface area contributed by atoms with E-state index in [2.05, 4.69) is 10.5 Å². The summed E-state index contributed by atoms with van der Waals surface area (Å²) >= 11 is 1.37. The molecule has 138 valence electrons. The maximum atomic E-state index is 12.8. The Morgan fingerprint density at radius 2 is 1.88 bits per heavy atom. The number of amides is 1. The van der Waals surface area contributed by atoms with Gasteiger partial charge in [-0.2, -0.15) is 18.3 Å². The van der Waals surface area contributed by atoms with E-state index in [0.29, 0.717) is 5.75 Å². The van der Waals surface area contributed by atoms with Crippen LogP contribution < -0.4 is 10.2 Å². The number of halogens is 3. The maximum absolute atomic E-state index is 12.8. The number of hydrogen-bond donors (Lipinski definition) is 1. The van der Waals surface area contributed by atoms with E-state index in [1.807, 2.05) is 24.3 Å². The smallest absolute Gasteiger partial charge is 0.417 e. The van der Waals surface area contributed by atoms with Gasteiger partial charge in [0.25, 0.3) is 0 Å². The van der Waals surface area contributed by atoms with Gasteiger partial charge in [-0.15, -0.1) is 11.8 Å². The van der Waals surface area contributed by atoms with Crippen LogP contribution in [0.5, 0.6) is 5.75 Å². The minimum Gasteiger partial charge on any atom is -0.497 e. The zero-order valence-corrected chi connectivity index (χ0v) is 14.7. The lowest BCUT2D eigenvalue weighted by molar-refractivity contribution is -0.137. The van der Waals surface area contributed by atoms with Gasteiger partial charge in [0.05, 0.1) is 24.6 Å². The molecule has 0 aliphatic carbocycles. The Bertz CT molecular complexity index is 762. The van der Waals surface area contributed by atoms with Crippen LogP contribution in [-0.4, -0.2) is 25.0 Å². The van der Waals surface area contributed by atoms with Crippen LogP contribution in [0.4, 0.5) is 13.2 Å². The lowest BCUT2D eigenvalue weighted by atomic mass is 10.1.